The summed E-state index contributed by atoms with van der Waals surface area (Å²) in [6, 6.07) is 27.3. The average molecular weight is 373 g/mol. The molecule has 1 aliphatic rings. The van der Waals surface area contributed by atoms with Crippen LogP contribution in [0.25, 0.3) is 0 Å². The molecule has 0 atom stereocenters. The number of nitrogens with one attached hydrogen (secondary N) is 1. The minimum atomic E-state index is -0.100. The molecule has 142 valence electrons. The number of rotatable bonds is 4. The maximum atomic E-state index is 12.8. The lowest BCUT2D eigenvalue weighted by Gasteiger charge is -2.36. The van der Waals surface area contributed by atoms with Crippen LogP contribution in [0.2, 0.25) is 0 Å². The van der Waals surface area contributed by atoms with Crippen LogP contribution >= 0.6 is 0 Å². The Labute approximate surface area is 165 Å². The van der Waals surface area contributed by atoms with Crippen molar-refractivity contribution >= 4 is 17.4 Å². The summed E-state index contributed by atoms with van der Waals surface area (Å²) < 4.78 is 5.93. The van der Waals surface area contributed by atoms with Crippen molar-refractivity contribution in [2.45, 2.75) is 0 Å². The van der Waals surface area contributed by atoms with Gasteiger partial charge in [-0.15, -0.1) is 0 Å². The highest BCUT2D eigenvalue weighted by molar-refractivity contribution is 5.91. The molecule has 0 unspecified atom stereocenters. The van der Waals surface area contributed by atoms with E-state index in [9.17, 15) is 4.79 Å². The molecule has 5 heteroatoms. The Bertz CT molecular complexity index is 907. The molecule has 1 saturated heterocycles. The number of nitrogens with zero attached hydrogens (tertiary/aromatic N) is 2. The van der Waals surface area contributed by atoms with Gasteiger partial charge in [-0.05, 0) is 36.4 Å². The van der Waals surface area contributed by atoms with E-state index in [1.54, 1.807) is 0 Å². The van der Waals surface area contributed by atoms with Crippen molar-refractivity contribution in [1.29, 1.82) is 0 Å². The lowest BCUT2D eigenvalue weighted by atomic mass is 10.2. The highest BCUT2D eigenvalue weighted by Crippen LogP contribution is 2.29. The quantitative estimate of drug-likeness (QED) is 0.712. The number of piperazine rings is 1. The van der Waals surface area contributed by atoms with Gasteiger partial charge in [0.15, 0.2) is 5.75 Å². The van der Waals surface area contributed by atoms with E-state index in [4.69, 9.17) is 4.74 Å². The Balaban J connectivity index is 1.38. The van der Waals surface area contributed by atoms with Crippen molar-refractivity contribution in [2.24, 2.45) is 0 Å². The van der Waals surface area contributed by atoms with Crippen molar-refractivity contribution in [2.75, 3.05) is 36.4 Å². The van der Waals surface area contributed by atoms with E-state index in [2.05, 4.69) is 22.3 Å². The molecule has 0 aromatic heterocycles. The first-order valence-electron chi connectivity index (χ1n) is 9.47. The van der Waals surface area contributed by atoms with E-state index >= 15 is 0 Å². The fourth-order valence-electron chi connectivity index (χ4n) is 3.28. The molecule has 1 aliphatic heterocycles. The number of hydrogen-bond donors (Lipinski definition) is 1. The smallest absolute Gasteiger partial charge is 0.322 e. The summed E-state index contributed by atoms with van der Waals surface area (Å²) in [6.07, 6.45) is 0. The molecule has 1 heterocycles. The molecule has 0 spiro atoms. The first kappa shape index (κ1) is 17.9. The van der Waals surface area contributed by atoms with E-state index in [1.165, 1.54) is 5.69 Å². The number of carbonyl (C=O) groups is 1. The Morgan fingerprint density at radius 2 is 1.36 bits per heavy atom. The van der Waals surface area contributed by atoms with E-state index in [1.807, 2.05) is 77.7 Å². The van der Waals surface area contributed by atoms with Crippen LogP contribution in [0.15, 0.2) is 84.9 Å². The van der Waals surface area contributed by atoms with Gasteiger partial charge in [-0.2, -0.15) is 0 Å². The number of amides is 2. The molecule has 1 N–H and O–H groups in total. The lowest BCUT2D eigenvalue weighted by molar-refractivity contribution is 0.208. The van der Waals surface area contributed by atoms with Crippen molar-refractivity contribution in [3.8, 4) is 11.5 Å². The van der Waals surface area contributed by atoms with Crippen molar-refractivity contribution < 1.29 is 9.53 Å². The van der Waals surface area contributed by atoms with Crippen LogP contribution in [0.5, 0.6) is 11.5 Å². The molecule has 4 rings (SSSR count). The van der Waals surface area contributed by atoms with Gasteiger partial charge in [-0.3, -0.25) is 0 Å². The fourth-order valence-corrected chi connectivity index (χ4v) is 3.28. The van der Waals surface area contributed by atoms with Crippen LogP contribution in [0, 0.1) is 0 Å². The zero-order chi connectivity index (χ0) is 19.2. The maximum Gasteiger partial charge on any atom is 0.322 e. The molecule has 0 aliphatic carbocycles. The highest BCUT2D eigenvalue weighted by atomic mass is 16.5. The molecular formula is C23H23N3O2. The van der Waals surface area contributed by atoms with Gasteiger partial charge in [-0.1, -0.05) is 48.5 Å². The molecule has 0 radical (unpaired) electrons. The average Bonchev–Trinajstić information content (AvgIpc) is 2.76. The van der Waals surface area contributed by atoms with E-state index < -0.39 is 0 Å². The number of benzene rings is 3. The van der Waals surface area contributed by atoms with Gasteiger partial charge in [0.25, 0.3) is 0 Å². The minimum Gasteiger partial charge on any atom is -0.455 e. The van der Waals surface area contributed by atoms with E-state index in [0.717, 1.165) is 18.8 Å². The van der Waals surface area contributed by atoms with Gasteiger partial charge < -0.3 is 19.9 Å². The second kappa shape index (κ2) is 8.48. The van der Waals surface area contributed by atoms with Gasteiger partial charge in [0.05, 0.1) is 5.69 Å². The Kier molecular flexibility index (Phi) is 5.43. The number of hydrogen-bond acceptors (Lipinski definition) is 3. The van der Waals surface area contributed by atoms with Crippen LogP contribution < -0.4 is 15.0 Å². The third-order valence-corrected chi connectivity index (χ3v) is 4.79. The van der Waals surface area contributed by atoms with Crippen LogP contribution in [0.1, 0.15) is 0 Å². The standard InChI is InChI=1S/C23H23N3O2/c27-23(26-17-15-25(16-18-26)19-9-3-1-4-10-19)24-21-13-7-8-14-22(21)28-20-11-5-2-6-12-20/h1-14H,15-18H2,(H,24,27). The van der Waals surface area contributed by atoms with Crippen molar-refractivity contribution in [3.05, 3.63) is 84.9 Å². The number of anilines is 2. The van der Waals surface area contributed by atoms with Gasteiger partial charge in [0.1, 0.15) is 5.75 Å². The molecule has 0 bridgehead atoms. The summed E-state index contributed by atoms with van der Waals surface area (Å²) in [6.45, 7) is 3.00. The predicted octanol–water partition coefficient (Wildman–Crippen LogP) is 4.83. The normalized spacial score (nSPS) is 13.9. The lowest BCUT2D eigenvalue weighted by Crippen LogP contribution is -2.50. The zero-order valence-electron chi connectivity index (χ0n) is 15.6. The third kappa shape index (κ3) is 4.26. The summed E-state index contributed by atoms with van der Waals surface area (Å²) >= 11 is 0. The predicted molar refractivity (Wildman–Crippen MR) is 112 cm³/mol. The monoisotopic (exact) mass is 373 g/mol. The van der Waals surface area contributed by atoms with Crippen LogP contribution in [0.4, 0.5) is 16.2 Å². The first-order chi connectivity index (χ1) is 13.8. The Morgan fingerprint density at radius 1 is 0.750 bits per heavy atom. The number of urea groups is 1. The summed E-state index contributed by atoms with van der Waals surface area (Å²) in [5, 5.41) is 3.00. The summed E-state index contributed by atoms with van der Waals surface area (Å²) in [4.78, 5) is 16.9. The minimum absolute atomic E-state index is 0.100. The number of ether oxygens (including phenoxy) is 1. The molecule has 28 heavy (non-hydrogen) atoms. The number of para-hydroxylation sites is 4. The van der Waals surface area contributed by atoms with E-state index in [0.29, 0.717) is 24.5 Å². The van der Waals surface area contributed by atoms with Crippen LogP contribution in [-0.2, 0) is 0 Å². The topological polar surface area (TPSA) is 44.8 Å². The molecular weight excluding hydrogens is 350 g/mol. The van der Waals surface area contributed by atoms with Crippen LogP contribution in [0.3, 0.4) is 0 Å². The third-order valence-electron chi connectivity index (χ3n) is 4.79. The molecule has 0 saturated carbocycles. The highest BCUT2D eigenvalue weighted by Gasteiger charge is 2.22. The second-order valence-corrected chi connectivity index (χ2v) is 6.65. The molecule has 2 amide bonds. The SMILES string of the molecule is O=C(Nc1ccccc1Oc1ccccc1)N1CCN(c2ccccc2)CC1. The Hall–Kier alpha value is -3.47. The van der Waals surface area contributed by atoms with Gasteiger partial charge in [0.2, 0.25) is 0 Å². The van der Waals surface area contributed by atoms with Gasteiger partial charge in [0, 0.05) is 31.9 Å². The summed E-state index contributed by atoms with van der Waals surface area (Å²) in [7, 11) is 0. The van der Waals surface area contributed by atoms with Gasteiger partial charge in [-0.25, -0.2) is 4.79 Å². The molecule has 3 aromatic carbocycles. The zero-order valence-corrected chi connectivity index (χ0v) is 15.6. The fraction of sp³-hybridized carbons (Fsp3) is 0.174. The van der Waals surface area contributed by atoms with Crippen molar-refractivity contribution in [1.82, 2.24) is 4.90 Å². The largest absolute Gasteiger partial charge is 0.455 e. The molecule has 5 nitrogen and oxygen atoms in total. The maximum absolute atomic E-state index is 12.8. The van der Waals surface area contributed by atoms with Crippen LogP contribution in [-0.4, -0.2) is 37.1 Å². The first-order valence-corrected chi connectivity index (χ1v) is 9.47. The van der Waals surface area contributed by atoms with Gasteiger partial charge >= 0.3 is 6.03 Å². The van der Waals surface area contributed by atoms with E-state index in [-0.39, 0.29) is 6.03 Å². The number of carbonyl (C=O) groups excluding carboxylic acids is 1. The second-order valence-electron chi connectivity index (χ2n) is 6.65. The summed E-state index contributed by atoms with van der Waals surface area (Å²) in [5.41, 5.74) is 1.87. The van der Waals surface area contributed by atoms with Crippen molar-refractivity contribution in [3.63, 3.8) is 0 Å². The summed E-state index contributed by atoms with van der Waals surface area (Å²) in [5.74, 6) is 1.37. The molecule has 3 aromatic rings. The molecule has 1 fully saturated rings. The Morgan fingerprint density at radius 3 is 2.07 bits per heavy atom.